The lowest BCUT2D eigenvalue weighted by atomic mass is 9.92. The molecule has 214 valence electrons. The second-order valence-corrected chi connectivity index (χ2v) is 11.3. The van der Waals surface area contributed by atoms with Gasteiger partial charge in [-0.25, -0.2) is 18.6 Å². The van der Waals surface area contributed by atoms with E-state index in [0.717, 1.165) is 6.07 Å². The molecule has 3 aliphatic rings. The maximum absolute atomic E-state index is 14.7. The molecule has 3 aliphatic heterocycles. The molecular weight excluding hydrogens is 542 g/mol. The molecule has 10 nitrogen and oxygen atoms in total. The number of nitrogens with one attached hydrogen (secondary N) is 1. The molecule has 1 aromatic carbocycles. The molecule has 0 bridgehead atoms. The van der Waals surface area contributed by atoms with E-state index >= 15 is 0 Å². The maximum Gasteiger partial charge on any atom is 0.323 e. The molecule has 2 saturated heterocycles. The number of urea groups is 1. The Kier molecular flexibility index (Phi) is 7.89. The number of aromatic nitrogens is 1. The molecule has 0 radical (unpaired) electrons. The van der Waals surface area contributed by atoms with E-state index in [1.807, 2.05) is 24.1 Å². The Morgan fingerprint density at radius 1 is 1.30 bits per heavy atom. The lowest BCUT2D eigenvalue weighted by Crippen LogP contribution is -2.62. The predicted octanol–water partition coefficient (Wildman–Crippen LogP) is 3.00. The van der Waals surface area contributed by atoms with E-state index in [-0.39, 0.29) is 30.8 Å². The van der Waals surface area contributed by atoms with E-state index in [4.69, 9.17) is 9.73 Å². The van der Waals surface area contributed by atoms with Gasteiger partial charge < -0.3 is 25.0 Å². The molecule has 1 aromatic heterocycles. The molecular formula is C27H32F2N6O4S. The smallest absolute Gasteiger partial charge is 0.323 e. The SMILES string of the molecule is COCC1=C(CN2CCN3C(=O)N(C(C)C)CC3C2C(=O)O)NC(c2nccs2)=NC1c1ccc(F)c(F)c1C. The van der Waals surface area contributed by atoms with Gasteiger partial charge in [0.2, 0.25) is 0 Å². The van der Waals surface area contributed by atoms with Gasteiger partial charge in [0.05, 0.1) is 12.6 Å². The molecule has 0 aliphatic carbocycles. The number of nitrogens with zero attached hydrogens (tertiary/aromatic N) is 5. The van der Waals surface area contributed by atoms with Crippen molar-refractivity contribution in [1.82, 2.24) is 25.0 Å². The first-order valence-corrected chi connectivity index (χ1v) is 13.9. The summed E-state index contributed by atoms with van der Waals surface area (Å²) in [5.41, 5.74) is 1.95. The Labute approximate surface area is 234 Å². The van der Waals surface area contributed by atoms with Gasteiger partial charge in [-0.15, -0.1) is 11.3 Å². The quantitative estimate of drug-likeness (QED) is 0.499. The Morgan fingerprint density at radius 3 is 2.73 bits per heavy atom. The van der Waals surface area contributed by atoms with Crippen molar-refractivity contribution in [3.8, 4) is 0 Å². The highest BCUT2D eigenvalue weighted by Crippen LogP contribution is 2.36. The van der Waals surface area contributed by atoms with Crippen LogP contribution < -0.4 is 5.32 Å². The second-order valence-electron chi connectivity index (χ2n) is 10.4. The van der Waals surface area contributed by atoms with Gasteiger partial charge in [-0.05, 0) is 38.0 Å². The number of carboxylic acid groups (broad SMARTS) is 1. The largest absolute Gasteiger partial charge is 0.480 e. The molecule has 40 heavy (non-hydrogen) atoms. The first-order chi connectivity index (χ1) is 19.1. The minimum absolute atomic E-state index is 0.0470. The number of fused-ring (bicyclic) bond motifs is 1. The molecule has 13 heteroatoms. The van der Waals surface area contributed by atoms with Crippen LogP contribution in [0.25, 0.3) is 0 Å². The van der Waals surface area contributed by atoms with E-state index < -0.39 is 35.7 Å². The molecule has 3 unspecified atom stereocenters. The lowest BCUT2D eigenvalue weighted by Gasteiger charge is -2.42. The number of hydrogen-bond donors (Lipinski definition) is 2. The van der Waals surface area contributed by atoms with Crippen LogP contribution in [0.4, 0.5) is 13.6 Å². The zero-order chi connectivity index (χ0) is 28.7. The van der Waals surface area contributed by atoms with Crippen molar-refractivity contribution >= 4 is 29.2 Å². The van der Waals surface area contributed by atoms with Gasteiger partial charge in [0.1, 0.15) is 12.1 Å². The topological polar surface area (TPSA) is 111 Å². The van der Waals surface area contributed by atoms with Gasteiger partial charge in [-0.3, -0.25) is 14.7 Å². The minimum Gasteiger partial charge on any atom is -0.480 e. The average Bonchev–Trinajstić information content (AvgIpc) is 3.57. The van der Waals surface area contributed by atoms with E-state index in [1.54, 1.807) is 16.0 Å². The summed E-state index contributed by atoms with van der Waals surface area (Å²) in [6.45, 7) is 6.72. The van der Waals surface area contributed by atoms with Crippen LogP contribution in [0, 0.1) is 18.6 Å². The molecule has 2 N–H and O–H groups in total. The lowest BCUT2D eigenvalue weighted by molar-refractivity contribution is -0.147. The summed E-state index contributed by atoms with van der Waals surface area (Å²) in [7, 11) is 1.53. The van der Waals surface area contributed by atoms with E-state index in [9.17, 15) is 23.5 Å². The van der Waals surface area contributed by atoms with Crippen LogP contribution in [0.2, 0.25) is 0 Å². The fourth-order valence-electron chi connectivity index (χ4n) is 5.73. The number of hydrogen-bond acceptors (Lipinski definition) is 8. The Balaban J connectivity index is 1.55. The predicted molar refractivity (Wildman–Crippen MR) is 145 cm³/mol. The third kappa shape index (κ3) is 4.97. The van der Waals surface area contributed by atoms with Gasteiger partial charge in [-0.1, -0.05) is 6.07 Å². The number of carbonyl (C=O) groups excluding carboxylic acids is 1. The van der Waals surface area contributed by atoms with Crippen LogP contribution >= 0.6 is 11.3 Å². The Hall–Kier alpha value is -3.42. The zero-order valence-electron chi connectivity index (χ0n) is 22.7. The standard InChI is InChI=1S/C27H32F2N6O4S/c1-14(2)35-12-20-23(26(36)37)33(8-9-34(20)27(35)38)11-19-17(13-39-4)22(16-5-6-18(28)21(29)15(16)3)32-24(31-19)25-30-7-10-40-25/h5-7,10,14,20,22-23H,8-9,11-13H2,1-4H3,(H,31,32)(H,36,37). The highest BCUT2D eigenvalue weighted by molar-refractivity contribution is 7.11. The third-order valence-electron chi connectivity index (χ3n) is 7.75. The van der Waals surface area contributed by atoms with Crippen LogP contribution in [-0.2, 0) is 9.53 Å². The summed E-state index contributed by atoms with van der Waals surface area (Å²) in [5.74, 6) is -2.45. The van der Waals surface area contributed by atoms with Crippen molar-refractivity contribution in [2.24, 2.45) is 4.99 Å². The normalized spacial score (nSPS) is 23.5. The Morgan fingerprint density at radius 2 is 2.08 bits per heavy atom. The number of aliphatic imine (C=N–C) groups is 1. The number of rotatable bonds is 8. The fourth-order valence-corrected chi connectivity index (χ4v) is 6.32. The average molecular weight is 575 g/mol. The van der Waals surface area contributed by atoms with Crippen LogP contribution in [0.1, 0.15) is 36.0 Å². The van der Waals surface area contributed by atoms with Crippen LogP contribution in [0.3, 0.4) is 0 Å². The molecule has 2 aromatic rings. The van der Waals surface area contributed by atoms with Crippen molar-refractivity contribution in [3.05, 3.63) is 62.7 Å². The van der Waals surface area contributed by atoms with Gasteiger partial charge in [0, 0.05) is 62.2 Å². The van der Waals surface area contributed by atoms with Crippen molar-refractivity contribution in [2.75, 3.05) is 39.9 Å². The van der Waals surface area contributed by atoms with Crippen molar-refractivity contribution in [2.45, 2.75) is 44.9 Å². The molecule has 0 saturated carbocycles. The molecule has 5 rings (SSSR count). The molecule has 3 atom stereocenters. The number of amides is 2. The number of aliphatic carboxylic acids is 1. The summed E-state index contributed by atoms with van der Waals surface area (Å²) < 4.78 is 34.2. The first kappa shape index (κ1) is 28.1. The van der Waals surface area contributed by atoms with E-state index in [1.165, 1.54) is 31.4 Å². The summed E-state index contributed by atoms with van der Waals surface area (Å²) in [5, 5.41) is 16.1. The summed E-state index contributed by atoms with van der Waals surface area (Å²) in [4.78, 5) is 40.0. The van der Waals surface area contributed by atoms with Crippen molar-refractivity contribution in [3.63, 3.8) is 0 Å². The molecule has 2 fully saturated rings. The number of ether oxygens (including phenoxy) is 1. The minimum atomic E-state index is -1.01. The number of amidine groups is 1. The highest BCUT2D eigenvalue weighted by atomic mass is 32.1. The number of piperazine rings is 1. The van der Waals surface area contributed by atoms with Gasteiger partial charge in [0.15, 0.2) is 22.5 Å². The maximum atomic E-state index is 14.7. The Bertz CT molecular complexity index is 1360. The van der Waals surface area contributed by atoms with E-state index in [0.29, 0.717) is 47.3 Å². The monoisotopic (exact) mass is 574 g/mol. The molecule has 4 heterocycles. The fraction of sp³-hybridized carbons (Fsp3) is 0.481. The number of methoxy groups -OCH3 is 1. The van der Waals surface area contributed by atoms with Crippen LogP contribution in [0.5, 0.6) is 0 Å². The van der Waals surface area contributed by atoms with Gasteiger partial charge in [0.25, 0.3) is 0 Å². The number of benzene rings is 1. The van der Waals surface area contributed by atoms with Crippen LogP contribution in [0.15, 0.2) is 40.0 Å². The number of carboxylic acids is 1. The molecule has 0 spiro atoms. The summed E-state index contributed by atoms with van der Waals surface area (Å²) in [6, 6.07) is 0.252. The third-order valence-corrected chi connectivity index (χ3v) is 8.53. The highest BCUT2D eigenvalue weighted by Gasteiger charge is 2.50. The van der Waals surface area contributed by atoms with Crippen molar-refractivity contribution in [1.29, 1.82) is 0 Å². The number of carbonyl (C=O) groups is 2. The first-order valence-electron chi connectivity index (χ1n) is 13.1. The second kappa shape index (κ2) is 11.2. The van der Waals surface area contributed by atoms with E-state index in [2.05, 4.69) is 10.3 Å². The number of thiazole rings is 1. The van der Waals surface area contributed by atoms with Crippen LogP contribution in [-0.4, -0.2) is 101 Å². The molecule has 2 amide bonds. The number of halogens is 2. The van der Waals surface area contributed by atoms with Gasteiger partial charge >= 0.3 is 12.0 Å². The summed E-state index contributed by atoms with van der Waals surface area (Å²) in [6.07, 6.45) is 1.65. The van der Waals surface area contributed by atoms with Crippen molar-refractivity contribution < 1.29 is 28.2 Å². The van der Waals surface area contributed by atoms with Gasteiger partial charge in [-0.2, -0.15) is 0 Å². The summed E-state index contributed by atoms with van der Waals surface area (Å²) >= 11 is 1.37. The zero-order valence-corrected chi connectivity index (χ0v) is 23.5.